The van der Waals surface area contributed by atoms with Crippen LogP contribution in [0.15, 0.2) is 30.5 Å². The zero-order valence-electron chi connectivity index (χ0n) is 12.1. The Morgan fingerprint density at radius 2 is 2.05 bits per heavy atom. The number of aliphatic carboxylic acids is 1. The maximum Gasteiger partial charge on any atom is 0.323 e. The Balaban J connectivity index is 2.00. The first-order chi connectivity index (χ1) is 10.1. The predicted octanol–water partition coefficient (Wildman–Crippen LogP) is 2.42. The summed E-state index contributed by atoms with van der Waals surface area (Å²) in [4.78, 5) is 27.5. The first-order valence-electron chi connectivity index (χ1n) is 7.16. The zero-order chi connectivity index (χ0) is 15.2. The van der Waals surface area contributed by atoms with Crippen molar-refractivity contribution in [1.82, 2.24) is 9.88 Å². The van der Waals surface area contributed by atoms with Crippen LogP contribution in [0.3, 0.4) is 0 Å². The zero-order valence-corrected chi connectivity index (χ0v) is 12.1. The first kappa shape index (κ1) is 15.1. The van der Waals surface area contributed by atoms with Gasteiger partial charge in [-0.15, -0.1) is 0 Å². The number of fused-ring (bicyclic) bond motifs is 1. The molecular formula is C16H20N2O3. The summed E-state index contributed by atoms with van der Waals surface area (Å²) in [5.41, 5.74) is 2.14. The van der Waals surface area contributed by atoms with Crippen LogP contribution in [0.2, 0.25) is 0 Å². The van der Waals surface area contributed by atoms with Gasteiger partial charge >= 0.3 is 5.97 Å². The van der Waals surface area contributed by atoms with Crippen LogP contribution in [0.25, 0.3) is 10.9 Å². The SMILES string of the molecule is CCCN(CC(=O)O)C(=O)CCc1c[nH]c2ccccc12. The monoisotopic (exact) mass is 288 g/mol. The first-order valence-corrected chi connectivity index (χ1v) is 7.16. The molecule has 2 rings (SSSR count). The molecule has 2 aromatic rings. The lowest BCUT2D eigenvalue weighted by Gasteiger charge is -2.19. The van der Waals surface area contributed by atoms with E-state index in [2.05, 4.69) is 4.98 Å². The fourth-order valence-corrected chi connectivity index (χ4v) is 2.46. The molecule has 112 valence electrons. The molecular weight excluding hydrogens is 268 g/mol. The third kappa shape index (κ3) is 3.84. The maximum atomic E-state index is 12.2. The summed E-state index contributed by atoms with van der Waals surface area (Å²) in [6.45, 7) is 2.20. The van der Waals surface area contributed by atoms with Crippen LogP contribution in [-0.2, 0) is 16.0 Å². The molecule has 1 amide bonds. The van der Waals surface area contributed by atoms with E-state index < -0.39 is 5.97 Å². The molecule has 1 heterocycles. The van der Waals surface area contributed by atoms with Gasteiger partial charge in [0, 0.05) is 30.1 Å². The number of para-hydroxylation sites is 1. The predicted molar refractivity (Wildman–Crippen MR) is 81.1 cm³/mol. The van der Waals surface area contributed by atoms with Gasteiger partial charge in [0.2, 0.25) is 5.91 Å². The van der Waals surface area contributed by atoms with Gasteiger partial charge in [0.05, 0.1) is 0 Å². The van der Waals surface area contributed by atoms with Crippen LogP contribution >= 0.6 is 0 Å². The van der Waals surface area contributed by atoms with Crippen LogP contribution in [-0.4, -0.2) is 40.0 Å². The number of nitrogens with one attached hydrogen (secondary N) is 1. The highest BCUT2D eigenvalue weighted by Gasteiger charge is 2.16. The van der Waals surface area contributed by atoms with E-state index in [0.717, 1.165) is 22.9 Å². The van der Waals surface area contributed by atoms with Gasteiger partial charge in [-0.2, -0.15) is 0 Å². The van der Waals surface area contributed by atoms with Crippen LogP contribution in [0, 0.1) is 0 Å². The Labute approximate surface area is 123 Å². The molecule has 0 spiro atoms. The average Bonchev–Trinajstić information content (AvgIpc) is 2.87. The average molecular weight is 288 g/mol. The highest BCUT2D eigenvalue weighted by molar-refractivity contribution is 5.85. The second-order valence-electron chi connectivity index (χ2n) is 5.07. The smallest absolute Gasteiger partial charge is 0.323 e. The summed E-state index contributed by atoms with van der Waals surface area (Å²) in [7, 11) is 0. The largest absolute Gasteiger partial charge is 0.480 e. The lowest BCUT2D eigenvalue weighted by Crippen LogP contribution is -2.36. The van der Waals surface area contributed by atoms with E-state index in [4.69, 9.17) is 5.11 Å². The molecule has 2 N–H and O–H groups in total. The van der Waals surface area contributed by atoms with Gasteiger partial charge in [-0.25, -0.2) is 0 Å². The molecule has 0 saturated carbocycles. The van der Waals surface area contributed by atoms with Crippen molar-refractivity contribution in [2.24, 2.45) is 0 Å². The number of carbonyl (C=O) groups is 2. The molecule has 0 atom stereocenters. The molecule has 0 aliphatic heterocycles. The molecule has 21 heavy (non-hydrogen) atoms. The molecule has 0 bridgehead atoms. The minimum atomic E-state index is -0.969. The lowest BCUT2D eigenvalue weighted by molar-refractivity contribution is -0.144. The molecule has 1 aromatic carbocycles. The van der Waals surface area contributed by atoms with Gasteiger partial charge < -0.3 is 15.0 Å². The quantitative estimate of drug-likeness (QED) is 0.821. The van der Waals surface area contributed by atoms with Gasteiger partial charge in [-0.3, -0.25) is 9.59 Å². The van der Waals surface area contributed by atoms with Crippen molar-refractivity contribution in [2.75, 3.05) is 13.1 Å². The number of nitrogens with zero attached hydrogens (tertiary/aromatic N) is 1. The van der Waals surface area contributed by atoms with E-state index in [1.807, 2.05) is 37.4 Å². The van der Waals surface area contributed by atoms with E-state index in [-0.39, 0.29) is 12.5 Å². The highest BCUT2D eigenvalue weighted by atomic mass is 16.4. The summed E-state index contributed by atoms with van der Waals surface area (Å²) >= 11 is 0. The van der Waals surface area contributed by atoms with Crippen LogP contribution < -0.4 is 0 Å². The Morgan fingerprint density at radius 3 is 2.76 bits per heavy atom. The Hall–Kier alpha value is -2.30. The second kappa shape index (κ2) is 6.92. The van der Waals surface area contributed by atoms with E-state index in [1.165, 1.54) is 4.90 Å². The van der Waals surface area contributed by atoms with Crippen LogP contribution in [0.5, 0.6) is 0 Å². The molecule has 0 radical (unpaired) electrons. The number of aromatic amines is 1. The molecule has 0 fully saturated rings. The molecule has 5 heteroatoms. The van der Waals surface area contributed by atoms with Crippen LogP contribution in [0.4, 0.5) is 0 Å². The molecule has 0 aliphatic carbocycles. The van der Waals surface area contributed by atoms with Crippen molar-refractivity contribution in [3.8, 4) is 0 Å². The van der Waals surface area contributed by atoms with Gasteiger partial charge in [-0.05, 0) is 24.5 Å². The van der Waals surface area contributed by atoms with Gasteiger partial charge in [0.15, 0.2) is 0 Å². The van der Waals surface area contributed by atoms with Gasteiger partial charge in [-0.1, -0.05) is 25.1 Å². The Bertz CT molecular complexity index is 633. The second-order valence-corrected chi connectivity index (χ2v) is 5.07. The van der Waals surface area contributed by atoms with Gasteiger partial charge in [0.25, 0.3) is 0 Å². The number of carboxylic acid groups (broad SMARTS) is 1. The van der Waals surface area contributed by atoms with E-state index in [1.54, 1.807) is 0 Å². The Morgan fingerprint density at radius 1 is 1.29 bits per heavy atom. The van der Waals surface area contributed by atoms with Gasteiger partial charge in [0.1, 0.15) is 6.54 Å². The molecule has 5 nitrogen and oxygen atoms in total. The minimum absolute atomic E-state index is 0.107. The number of benzene rings is 1. The summed E-state index contributed by atoms with van der Waals surface area (Å²) in [6, 6.07) is 7.94. The number of carboxylic acids is 1. The molecule has 1 aromatic heterocycles. The summed E-state index contributed by atoms with van der Waals surface area (Å²) in [5, 5.41) is 9.97. The topological polar surface area (TPSA) is 73.4 Å². The summed E-state index contributed by atoms with van der Waals surface area (Å²) < 4.78 is 0. The number of rotatable bonds is 7. The standard InChI is InChI=1S/C16H20N2O3/c1-2-9-18(11-16(20)21)15(19)8-7-12-10-17-14-6-4-3-5-13(12)14/h3-6,10,17H,2,7-9,11H2,1H3,(H,20,21). The van der Waals surface area contributed by atoms with E-state index >= 15 is 0 Å². The highest BCUT2D eigenvalue weighted by Crippen LogP contribution is 2.19. The number of aromatic nitrogens is 1. The van der Waals surface area contributed by atoms with E-state index in [0.29, 0.717) is 19.4 Å². The van der Waals surface area contributed by atoms with Crippen molar-refractivity contribution >= 4 is 22.8 Å². The lowest BCUT2D eigenvalue weighted by atomic mass is 10.1. The fraction of sp³-hybridized carbons (Fsp3) is 0.375. The minimum Gasteiger partial charge on any atom is -0.480 e. The molecule has 0 aliphatic rings. The van der Waals surface area contributed by atoms with Crippen molar-refractivity contribution in [1.29, 1.82) is 0 Å². The summed E-state index contributed by atoms with van der Waals surface area (Å²) in [5.74, 6) is -1.08. The Kier molecular flexibility index (Phi) is 4.98. The van der Waals surface area contributed by atoms with Crippen molar-refractivity contribution in [3.05, 3.63) is 36.0 Å². The molecule has 0 unspecified atom stereocenters. The third-order valence-electron chi connectivity index (χ3n) is 3.46. The number of carbonyl (C=O) groups excluding carboxylic acids is 1. The normalized spacial score (nSPS) is 10.7. The third-order valence-corrected chi connectivity index (χ3v) is 3.46. The maximum absolute atomic E-state index is 12.2. The van der Waals surface area contributed by atoms with Crippen LogP contribution in [0.1, 0.15) is 25.3 Å². The van der Waals surface area contributed by atoms with Crippen molar-refractivity contribution < 1.29 is 14.7 Å². The van der Waals surface area contributed by atoms with Crippen molar-refractivity contribution in [2.45, 2.75) is 26.2 Å². The summed E-state index contributed by atoms with van der Waals surface area (Å²) in [6.07, 6.45) is 3.61. The molecule has 0 saturated heterocycles. The number of H-pyrrole nitrogens is 1. The van der Waals surface area contributed by atoms with E-state index in [9.17, 15) is 9.59 Å². The van der Waals surface area contributed by atoms with Crippen molar-refractivity contribution in [3.63, 3.8) is 0 Å². The number of hydrogen-bond acceptors (Lipinski definition) is 2. The number of aryl methyl sites for hydroxylation is 1. The fourth-order valence-electron chi connectivity index (χ4n) is 2.46. The number of hydrogen-bond donors (Lipinski definition) is 2. The number of amides is 1.